The number of hydrogen-bond acceptors (Lipinski definition) is 3. The van der Waals surface area contributed by atoms with Crippen LogP contribution < -0.4 is 5.32 Å². The summed E-state index contributed by atoms with van der Waals surface area (Å²) < 4.78 is 5.29. The third-order valence-electron chi connectivity index (χ3n) is 4.51. The van der Waals surface area contributed by atoms with E-state index in [1.54, 1.807) is 7.11 Å². The van der Waals surface area contributed by atoms with Gasteiger partial charge in [0, 0.05) is 31.8 Å². The van der Waals surface area contributed by atoms with Gasteiger partial charge in [0.1, 0.15) is 0 Å². The molecule has 0 radical (unpaired) electrons. The summed E-state index contributed by atoms with van der Waals surface area (Å²) in [6.45, 7) is 10.00. The molecule has 0 spiro atoms. The van der Waals surface area contributed by atoms with E-state index in [0.29, 0.717) is 6.04 Å². The Morgan fingerprint density at radius 1 is 1.32 bits per heavy atom. The zero-order valence-corrected chi connectivity index (χ0v) is 13.5. The van der Waals surface area contributed by atoms with Crippen molar-refractivity contribution in [1.29, 1.82) is 0 Å². The fraction of sp³-hybridized carbons (Fsp3) is 1.00. The monoisotopic (exact) mass is 270 g/mol. The van der Waals surface area contributed by atoms with Gasteiger partial charge < -0.3 is 10.1 Å². The second kappa shape index (κ2) is 9.73. The molecule has 0 saturated heterocycles. The standard InChI is InChI=1S/C16H34N2O/c1-5-10-17-15-8-7-9-16(13-15)18(11-12-19-4)14(3)6-2/h14-17H,5-13H2,1-4H3. The topological polar surface area (TPSA) is 24.5 Å². The Hall–Kier alpha value is -0.120. The second-order valence-corrected chi connectivity index (χ2v) is 5.96. The molecule has 1 aliphatic carbocycles. The molecule has 1 fully saturated rings. The molecular weight excluding hydrogens is 236 g/mol. The van der Waals surface area contributed by atoms with Gasteiger partial charge in [-0.15, -0.1) is 0 Å². The Morgan fingerprint density at radius 2 is 2.11 bits per heavy atom. The number of rotatable bonds is 9. The summed E-state index contributed by atoms with van der Waals surface area (Å²) in [7, 11) is 1.81. The number of methoxy groups -OCH3 is 1. The van der Waals surface area contributed by atoms with Crippen LogP contribution >= 0.6 is 0 Å². The van der Waals surface area contributed by atoms with Crippen LogP contribution in [0.2, 0.25) is 0 Å². The summed E-state index contributed by atoms with van der Waals surface area (Å²) in [5, 5.41) is 3.71. The molecule has 1 saturated carbocycles. The van der Waals surface area contributed by atoms with Crippen LogP contribution in [0.1, 0.15) is 59.3 Å². The molecule has 0 heterocycles. The minimum Gasteiger partial charge on any atom is -0.383 e. The smallest absolute Gasteiger partial charge is 0.0589 e. The van der Waals surface area contributed by atoms with Gasteiger partial charge in [-0.25, -0.2) is 0 Å². The molecule has 3 heteroatoms. The predicted octanol–water partition coefficient (Wildman–Crippen LogP) is 3.04. The first-order chi connectivity index (χ1) is 9.22. The van der Waals surface area contributed by atoms with E-state index in [1.165, 1.54) is 45.1 Å². The first-order valence-corrected chi connectivity index (χ1v) is 8.20. The van der Waals surface area contributed by atoms with Gasteiger partial charge in [0.05, 0.1) is 6.61 Å². The largest absolute Gasteiger partial charge is 0.383 e. The zero-order valence-electron chi connectivity index (χ0n) is 13.5. The quantitative estimate of drug-likeness (QED) is 0.697. The van der Waals surface area contributed by atoms with E-state index in [0.717, 1.165) is 25.2 Å². The summed E-state index contributed by atoms with van der Waals surface area (Å²) in [6, 6.07) is 2.14. The second-order valence-electron chi connectivity index (χ2n) is 5.96. The highest BCUT2D eigenvalue weighted by molar-refractivity contribution is 4.85. The summed E-state index contributed by atoms with van der Waals surface area (Å²) in [5.41, 5.74) is 0. The maximum absolute atomic E-state index is 5.29. The van der Waals surface area contributed by atoms with Gasteiger partial charge >= 0.3 is 0 Å². The average molecular weight is 270 g/mol. The Labute approximate surface area is 120 Å². The molecule has 0 aliphatic heterocycles. The predicted molar refractivity (Wildman–Crippen MR) is 82.7 cm³/mol. The SMILES string of the molecule is CCCNC1CCCC(N(CCOC)C(C)CC)C1. The zero-order chi connectivity index (χ0) is 14.1. The van der Waals surface area contributed by atoms with Gasteiger partial charge in [0.2, 0.25) is 0 Å². The Kier molecular flexibility index (Phi) is 8.67. The lowest BCUT2D eigenvalue weighted by molar-refractivity contribution is 0.0642. The highest BCUT2D eigenvalue weighted by atomic mass is 16.5. The van der Waals surface area contributed by atoms with E-state index in [-0.39, 0.29) is 0 Å². The molecule has 0 aromatic carbocycles. The minimum atomic E-state index is 0.671. The van der Waals surface area contributed by atoms with Crippen LogP contribution in [-0.4, -0.2) is 49.8 Å². The molecule has 0 aromatic heterocycles. The lowest BCUT2D eigenvalue weighted by atomic mass is 9.89. The van der Waals surface area contributed by atoms with Gasteiger partial charge in [0.15, 0.2) is 0 Å². The number of ether oxygens (including phenoxy) is 1. The highest BCUT2D eigenvalue weighted by Crippen LogP contribution is 2.25. The van der Waals surface area contributed by atoms with Crippen LogP contribution in [0.4, 0.5) is 0 Å². The van der Waals surface area contributed by atoms with Gasteiger partial charge in [-0.2, -0.15) is 0 Å². The van der Waals surface area contributed by atoms with Crippen LogP contribution in [0.5, 0.6) is 0 Å². The molecule has 0 aromatic rings. The normalized spacial score (nSPS) is 25.7. The maximum Gasteiger partial charge on any atom is 0.0589 e. The molecule has 3 unspecified atom stereocenters. The minimum absolute atomic E-state index is 0.671. The van der Waals surface area contributed by atoms with Crippen molar-refractivity contribution in [2.45, 2.75) is 77.4 Å². The first kappa shape index (κ1) is 16.9. The number of nitrogens with zero attached hydrogens (tertiary/aromatic N) is 1. The van der Waals surface area contributed by atoms with Crippen molar-refractivity contribution in [3.63, 3.8) is 0 Å². The molecule has 0 bridgehead atoms. The van der Waals surface area contributed by atoms with E-state index in [9.17, 15) is 0 Å². The summed E-state index contributed by atoms with van der Waals surface area (Å²) >= 11 is 0. The van der Waals surface area contributed by atoms with E-state index >= 15 is 0 Å². The Morgan fingerprint density at radius 3 is 2.74 bits per heavy atom. The van der Waals surface area contributed by atoms with E-state index in [4.69, 9.17) is 4.74 Å². The summed E-state index contributed by atoms with van der Waals surface area (Å²) in [4.78, 5) is 2.68. The van der Waals surface area contributed by atoms with E-state index in [1.807, 2.05) is 0 Å². The number of nitrogens with one attached hydrogen (secondary N) is 1. The fourth-order valence-corrected chi connectivity index (χ4v) is 3.19. The van der Waals surface area contributed by atoms with Crippen LogP contribution in [0.3, 0.4) is 0 Å². The molecule has 0 amide bonds. The van der Waals surface area contributed by atoms with Crippen molar-refractivity contribution >= 4 is 0 Å². The summed E-state index contributed by atoms with van der Waals surface area (Å²) in [6.07, 6.45) is 7.86. The highest BCUT2D eigenvalue weighted by Gasteiger charge is 2.28. The molecule has 19 heavy (non-hydrogen) atoms. The molecular formula is C16H34N2O. The molecule has 114 valence electrons. The lowest BCUT2D eigenvalue weighted by Gasteiger charge is -2.41. The number of hydrogen-bond donors (Lipinski definition) is 1. The van der Waals surface area contributed by atoms with Crippen LogP contribution in [0, 0.1) is 0 Å². The maximum atomic E-state index is 5.29. The first-order valence-electron chi connectivity index (χ1n) is 8.20. The van der Waals surface area contributed by atoms with Crippen LogP contribution in [0.15, 0.2) is 0 Å². The molecule has 1 N–H and O–H groups in total. The van der Waals surface area contributed by atoms with Crippen molar-refractivity contribution in [3.05, 3.63) is 0 Å². The van der Waals surface area contributed by atoms with Gasteiger partial charge in [0.25, 0.3) is 0 Å². The third kappa shape index (κ3) is 5.80. The summed E-state index contributed by atoms with van der Waals surface area (Å²) in [5.74, 6) is 0. The van der Waals surface area contributed by atoms with Gasteiger partial charge in [-0.05, 0) is 45.6 Å². The average Bonchev–Trinajstić information content (AvgIpc) is 2.45. The molecule has 3 nitrogen and oxygen atoms in total. The lowest BCUT2D eigenvalue weighted by Crippen LogP contribution is -2.48. The third-order valence-corrected chi connectivity index (χ3v) is 4.51. The molecule has 1 rings (SSSR count). The van der Waals surface area contributed by atoms with Crippen molar-refractivity contribution in [2.75, 3.05) is 26.8 Å². The van der Waals surface area contributed by atoms with Gasteiger partial charge in [-0.1, -0.05) is 20.3 Å². The van der Waals surface area contributed by atoms with Crippen molar-refractivity contribution < 1.29 is 4.74 Å². The molecule has 3 atom stereocenters. The van der Waals surface area contributed by atoms with Gasteiger partial charge in [-0.3, -0.25) is 4.90 Å². The molecule has 1 aliphatic rings. The van der Waals surface area contributed by atoms with Crippen LogP contribution in [0.25, 0.3) is 0 Å². The Bertz CT molecular complexity index is 223. The fourth-order valence-electron chi connectivity index (χ4n) is 3.19. The Balaban J connectivity index is 2.51. The van der Waals surface area contributed by atoms with Crippen molar-refractivity contribution in [1.82, 2.24) is 10.2 Å². The van der Waals surface area contributed by atoms with Crippen molar-refractivity contribution in [3.8, 4) is 0 Å². The van der Waals surface area contributed by atoms with Crippen molar-refractivity contribution in [2.24, 2.45) is 0 Å². The van der Waals surface area contributed by atoms with E-state index in [2.05, 4.69) is 31.0 Å². The van der Waals surface area contributed by atoms with E-state index < -0.39 is 0 Å². The van der Waals surface area contributed by atoms with Crippen LogP contribution in [-0.2, 0) is 4.74 Å².